The van der Waals surface area contributed by atoms with Gasteiger partial charge in [-0.1, -0.05) is 0 Å². The second kappa shape index (κ2) is 18.4. The number of carbonyl (C=O) groups is 4. The van der Waals surface area contributed by atoms with Crippen LogP contribution in [0.5, 0.6) is 0 Å². The number of amides is 4. The number of likely N-dealkylation sites (N-methyl/N-ethyl adjacent to an activating group) is 1. The number of nitrogens with zero attached hydrogens (tertiary/aromatic N) is 5. The number of aromatic nitrogens is 4. The molecule has 2 aromatic heterocycles. The molecule has 0 spiro atoms. The number of methoxy groups -OCH3 is 3. The number of hydrogen-bond acceptors (Lipinski definition) is 9. The molecule has 2 aliphatic carbocycles. The number of hydrogen-bond donors (Lipinski definition) is 4. The first-order valence-corrected chi connectivity index (χ1v) is 20.5. The van der Waals surface area contributed by atoms with Gasteiger partial charge in [-0.25, -0.2) is 19.6 Å². The van der Waals surface area contributed by atoms with Crippen LogP contribution in [-0.2, 0) is 23.8 Å². The zero-order chi connectivity index (χ0) is 40.1. The Kier molecular flexibility index (Phi) is 13.6. The minimum atomic E-state index is -1.17. The number of H-pyrrole nitrogens is 2. The Morgan fingerprint density at radius 2 is 1.21 bits per heavy atom. The summed E-state index contributed by atoms with van der Waals surface area (Å²) in [6.07, 6.45) is 13.5. The first kappa shape index (κ1) is 41.5. The Hall–Kier alpha value is -4.18. The van der Waals surface area contributed by atoms with Crippen molar-refractivity contribution in [2.75, 3.05) is 41.5 Å². The summed E-state index contributed by atoms with van der Waals surface area (Å²) in [6, 6.07) is -2.18. The molecule has 310 valence electrons. The van der Waals surface area contributed by atoms with E-state index in [0.717, 1.165) is 79.3 Å². The first-order chi connectivity index (χ1) is 26.9. The van der Waals surface area contributed by atoms with Crippen LogP contribution in [0, 0.1) is 11.8 Å². The van der Waals surface area contributed by atoms with Crippen molar-refractivity contribution in [3.8, 4) is 0 Å². The van der Waals surface area contributed by atoms with Crippen LogP contribution < -0.4 is 5.32 Å². The van der Waals surface area contributed by atoms with E-state index in [9.17, 15) is 24.3 Å². The van der Waals surface area contributed by atoms with Crippen molar-refractivity contribution in [1.29, 1.82) is 0 Å². The van der Waals surface area contributed by atoms with Gasteiger partial charge in [-0.15, -0.1) is 0 Å². The van der Waals surface area contributed by atoms with Crippen LogP contribution >= 0.6 is 0 Å². The monoisotopic (exact) mass is 782 g/mol. The normalized spacial score (nSPS) is 27.7. The number of alkyl carbamates (subject to hydrolysis) is 1. The average molecular weight is 783 g/mol. The lowest BCUT2D eigenvalue weighted by Gasteiger charge is -2.37. The predicted molar refractivity (Wildman–Crippen MR) is 206 cm³/mol. The standard InChI is InChI=1S/C40H62N8O8/c1-23(54-4)33(45-39(51)56-6)37(49)47-19-7-9-31(47)35-41-21-29(43-35)27-15-11-25(12-16-27)26-13-17-28(18-14-26)30-22-42-36(44-30)32-10-8-20-48(32)38(50)34(24(2)55-5)46(3)40(52)53/h21-28,31-34H,7-20H2,1-6H3,(H,41,43)(H,42,44)(H,45,51)(H,52,53)/t23-,24-,25?,26?,27?,28?,31+,32+,33+,34+/m1/s1. The third kappa shape index (κ3) is 8.85. The Morgan fingerprint density at radius 1 is 0.750 bits per heavy atom. The smallest absolute Gasteiger partial charge is 0.407 e. The molecule has 4 fully saturated rings. The van der Waals surface area contributed by atoms with Crippen molar-refractivity contribution in [1.82, 2.24) is 40.0 Å². The summed E-state index contributed by atoms with van der Waals surface area (Å²) < 4.78 is 15.6. The lowest BCUT2D eigenvalue weighted by atomic mass is 9.68. The minimum absolute atomic E-state index is 0.179. The number of nitrogens with one attached hydrogen (secondary N) is 3. The topological polar surface area (TPSA) is 195 Å². The maximum absolute atomic E-state index is 13.7. The van der Waals surface area contributed by atoms with E-state index in [4.69, 9.17) is 24.2 Å². The molecular weight excluding hydrogens is 720 g/mol. The molecule has 4 heterocycles. The molecule has 0 unspecified atom stereocenters. The van der Waals surface area contributed by atoms with Crippen LogP contribution in [0.3, 0.4) is 0 Å². The van der Waals surface area contributed by atoms with Gasteiger partial charge in [0.2, 0.25) is 11.8 Å². The Morgan fingerprint density at radius 3 is 1.64 bits per heavy atom. The molecule has 4 amide bonds. The molecule has 0 aromatic carbocycles. The summed E-state index contributed by atoms with van der Waals surface area (Å²) in [4.78, 5) is 72.7. The van der Waals surface area contributed by atoms with Crippen LogP contribution in [0.2, 0.25) is 0 Å². The fourth-order valence-electron chi connectivity index (χ4n) is 9.84. The van der Waals surface area contributed by atoms with Crippen LogP contribution in [0.15, 0.2) is 12.4 Å². The van der Waals surface area contributed by atoms with Gasteiger partial charge >= 0.3 is 12.2 Å². The van der Waals surface area contributed by atoms with E-state index < -0.39 is 36.5 Å². The molecule has 6 rings (SSSR count). The van der Waals surface area contributed by atoms with Gasteiger partial charge in [0.25, 0.3) is 0 Å². The van der Waals surface area contributed by atoms with Crippen molar-refractivity contribution < 1.29 is 38.5 Å². The van der Waals surface area contributed by atoms with Crippen LogP contribution in [0.4, 0.5) is 9.59 Å². The van der Waals surface area contributed by atoms with Gasteiger partial charge in [0.05, 0.1) is 42.8 Å². The second-order valence-electron chi connectivity index (χ2n) is 16.4. The van der Waals surface area contributed by atoms with E-state index >= 15 is 0 Å². The molecular formula is C40H62N8O8. The highest BCUT2D eigenvalue weighted by molar-refractivity contribution is 5.87. The molecule has 2 saturated heterocycles. The lowest BCUT2D eigenvalue weighted by Crippen LogP contribution is -2.54. The third-order valence-electron chi connectivity index (χ3n) is 13.3. The summed E-state index contributed by atoms with van der Waals surface area (Å²) in [5, 5.41) is 12.3. The van der Waals surface area contributed by atoms with Crippen molar-refractivity contribution >= 4 is 24.0 Å². The van der Waals surface area contributed by atoms with Gasteiger partial charge in [-0.2, -0.15) is 0 Å². The summed E-state index contributed by atoms with van der Waals surface area (Å²) in [5.74, 6) is 3.31. The van der Waals surface area contributed by atoms with Gasteiger partial charge < -0.3 is 44.4 Å². The number of carboxylic acid groups (broad SMARTS) is 1. The van der Waals surface area contributed by atoms with Gasteiger partial charge in [0.15, 0.2) is 0 Å². The first-order valence-electron chi connectivity index (χ1n) is 20.5. The SMILES string of the molecule is COC(=O)N[C@H](C(=O)N1CCC[C@H]1c1nc(C2CCC(C3CCC(c4c[nH]c([C@@H]5CCCN5C(=O)[C@H]([C@@H](C)OC)N(C)C(=O)O)n4)CC3)CC2)c[nH]1)[C@@H](C)OC. The number of aromatic amines is 2. The van der Waals surface area contributed by atoms with Crippen LogP contribution in [0.25, 0.3) is 0 Å². The number of carbonyl (C=O) groups excluding carboxylic acids is 3. The summed E-state index contributed by atoms with van der Waals surface area (Å²) in [7, 11) is 5.70. The zero-order valence-corrected chi connectivity index (χ0v) is 33.9. The number of ether oxygens (including phenoxy) is 3. The zero-order valence-electron chi connectivity index (χ0n) is 33.9. The van der Waals surface area contributed by atoms with Crippen molar-refractivity contribution in [3.05, 3.63) is 35.4 Å². The summed E-state index contributed by atoms with van der Waals surface area (Å²) in [6.45, 7) is 4.63. The van der Waals surface area contributed by atoms with Crippen molar-refractivity contribution in [2.45, 2.75) is 139 Å². The Labute approximate surface area is 329 Å². The predicted octanol–water partition coefficient (Wildman–Crippen LogP) is 5.48. The number of likely N-dealkylation sites (tertiary alicyclic amines) is 2. The van der Waals surface area contributed by atoms with E-state index in [1.807, 2.05) is 17.3 Å². The van der Waals surface area contributed by atoms with Crippen molar-refractivity contribution in [3.63, 3.8) is 0 Å². The molecule has 56 heavy (non-hydrogen) atoms. The quantitative estimate of drug-likeness (QED) is 0.202. The van der Waals surface area contributed by atoms with Crippen LogP contribution in [0.1, 0.15) is 138 Å². The minimum Gasteiger partial charge on any atom is -0.465 e. The fourth-order valence-corrected chi connectivity index (χ4v) is 9.84. The van der Waals surface area contributed by atoms with Gasteiger partial charge in [-0.3, -0.25) is 14.5 Å². The molecule has 16 nitrogen and oxygen atoms in total. The Balaban J connectivity index is 0.996. The highest BCUT2D eigenvalue weighted by atomic mass is 16.5. The van der Waals surface area contributed by atoms with Gasteiger partial charge in [0, 0.05) is 58.6 Å². The second-order valence-corrected chi connectivity index (χ2v) is 16.4. The molecule has 6 atom stereocenters. The highest BCUT2D eigenvalue weighted by Crippen LogP contribution is 2.46. The molecule has 4 N–H and O–H groups in total. The van der Waals surface area contributed by atoms with Gasteiger partial charge in [-0.05, 0) is 103 Å². The molecule has 0 radical (unpaired) electrons. The number of imidazole rings is 2. The molecule has 2 saturated carbocycles. The molecule has 2 aliphatic heterocycles. The van der Waals surface area contributed by atoms with E-state index in [1.165, 1.54) is 54.1 Å². The molecule has 4 aliphatic rings. The van der Waals surface area contributed by atoms with E-state index in [0.29, 0.717) is 36.8 Å². The van der Waals surface area contributed by atoms with Crippen molar-refractivity contribution in [2.24, 2.45) is 11.8 Å². The fraction of sp³-hybridized carbons (Fsp3) is 0.750. The summed E-state index contributed by atoms with van der Waals surface area (Å²) >= 11 is 0. The lowest BCUT2D eigenvalue weighted by molar-refractivity contribution is -0.141. The van der Waals surface area contributed by atoms with E-state index in [-0.39, 0.29) is 23.9 Å². The molecule has 2 aromatic rings. The van der Waals surface area contributed by atoms with E-state index in [2.05, 4.69) is 15.3 Å². The average Bonchev–Trinajstić information content (AvgIpc) is 4.06. The maximum Gasteiger partial charge on any atom is 0.407 e. The highest BCUT2D eigenvalue weighted by Gasteiger charge is 2.42. The molecule has 0 bridgehead atoms. The summed E-state index contributed by atoms with van der Waals surface area (Å²) in [5.41, 5.74) is 2.14. The maximum atomic E-state index is 13.7. The largest absolute Gasteiger partial charge is 0.465 e. The molecule has 16 heteroatoms. The third-order valence-corrected chi connectivity index (χ3v) is 13.3. The van der Waals surface area contributed by atoms with Gasteiger partial charge in [0.1, 0.15) is 23.7 Å². The Bertz CT molecular complexity index is 1650. The van der Waals surface area contributed by atoms with E-state index in [1.54, 1.807) is 18.7 Å². The number of rotatable bonds is 13. The van der Waals surface area contributed by atoms with Crippen LogP contribution in [-0.4, -0.2) is 130 Å².